The van der Waals surface area contributed by atoms with Gasteiger partial charge in [-0.15, -0.1) is 0 Å². The lowest BCUT2D eigenvalue weighted by Crippen LogP contribution is -2.25. The monoisotopic (exact) mass is 368 g/mol. The smallest absolute Gasteiger partial charge is 0.135 e. The molecule has 5 heteroatoms. The van der Waals surface area contributed by atoms with E-state index in [4.69, 9.17) is 0 Å². The van der Waals surface area contributed by atoms with Gasteiger partial charge >= 0.3 is 0 Å². The minimum Gasteiger partial charge on any atom is -0.384 e. The molecule has 3 rings (SSSR count). The van der Waals surface area contributed by atoms with Gasteiger partial charge < -0.3 is 5.11 Å². The number of nitrogens with zero attached hydrogens (tertiary/aromatic N) is 2. The van der Waals surface area contributed by atoms with E-state index in [2.05, 4.69) is 9.97 Å². The van der Waals surface area contributed by atoms with E-state index in [1.807, 2.05) is 32.0 Å². The van der Waals surface area contributed by atoms with Crippen molar-refractivity contribution in [3.8, 4) is 11.3 Å². The van der Waals surface area contributed by atoms with Crippen LogP contribution in [-0.4, -0.2) is 15.1 Å². The van der Waals surface area contributed by atoms with Crippen LogP contribution in [0, 0.1) is 11.6 Å². The zero-order valence-electron chi connectivity index (χ0n) is 15.8. The highest BCUT2D eigenvalue weighted by molar-refractivity contribution is 5.60. The maximum Gasteiger partial charge on any atom is 0.135 e. The summed E-state index contributed by atoms with van der Waals surface area (Å²) in [5, 5.41) is 10.2. The van der Waals surface area contributed by atoms with Crippen LogP contribution < -0.4 is 0 Å². The van der Waals surface area contributed by atoms with E-state index in [0.717, 1.165) is 11.8 Å². The molecule has 0 aliphatic rings. The highest BCUT2D eigenvalue weighted by Crippen LogP contribution is 2.32. The summed E-state index contributed by atoms with van der Waals surface area (Å²) in [5.41, 5.74) is 1.04. The van der Waals surface area contributed by atoms with Crippen molar-refractivity contribution in [1.82, 2.24) is 9.97 Å². The summed E-state index contributed by atoms with van der Waals surface area (Å²) in [6, 6.07) is 14.3. The summed E-state index contributed by atoms with van der Waals surface area (Å²) in [4.78, 5) is 9.22. The first kappa shape index (κ1) is 19.1. The van der Waals surface area contributed by atoms with Gasteiger partial charge in [-0.1, -0.05) is 12.1 Å². The molecule has 3 aromatic rings. The number of aromatic nitrogens is 2. The molecule has 0 fully saturated rings. The molecule has 0 aliphatic heterocycles. The summed E-state index contributed by atoms with van der Waals surface area (Å²) < 4.78 is 27.3. The minimum absolute atomic E-state index is 0.243. The molecular weight excluding hydrogens is 346 g/mol. The molecule has 2 heterocycles. The predicted molar refractivity (Wildman–Crippen MR) is 101 cm³/mol. The van der Waals surface area contributed by atoms with Gasteiger partial charge in [-0.25, -0.2) is 8.78 Å². The van der Waals surface area contributed by atoms with Crippen LogP contribution in [-0.2, 0) is 11.0 Å². The second-order valence-corrected chi connectivity index (χ2v) is 7.62. The maximum absolute atomic E-state index is 14.2. The Labute approximate surface area is 157 Å². The number of aliphatic hydroxyl groups is 1. The van der Waals surface area contributed by atoms with Crippen LogP contribution in [0.15, 0.2) is 54.6 Å². The fourth-order valence-corrected chi connectivity index (χ4v) is 2.88. The average molecular weight is 368 g/mol. The lowest BCUT2D eigenvalue weighted by atomic mass is 9.84. The van der Waals surface area contributed by atoms with E-state index >= 15 is 0 Å². The van der Waals surface area contributed by atoms with Gasteiger partial charge in [0.05, 0.1) is 22.8 Å². The van der Waals surface area contributed by atoms with Gasteiger partial charge in [-0.2, -0.15) is 0 Å². The van der Waals surface area contributed by atoms with E-state index in [9.17, 15) is 13.9 Å². The Hall–Kier alpha value is -2.66. The molecule has 0 radical (unpaired) electrons. The van der Waals surface area contributed by atoms with Gasteiger partial charge in [-0.05, 0) is 64.1 Å². The number of halogens is 2. The first-order valence-corrected chi connectivity index (χ1v) is 8.72. The quantitative estimate of drug-likeness (QED) is 0.707. The molecule has 0 amide bonds. The van der Waals surface area contributed by atoms with Gasteiger partial charge in [0.25, 0.3) is 0 Å². The predicted octanol–water partition coefficient (Wildman–Crippen LogP) is 4.98. The Bertz CT molecular complexity index is 978. The van der Waals surface area contributed by atoms with E-state index in [0.29, 0.717) is 17.1 Å². The van der Waals surface area contributed by atoms with E-state index in [-0.39, 0.29) is 5.56 Å². The molecule has 0 atom stereocenters. The Morgan fingerprint density at radius 2 is 1.37 bits per heavy atom. The summed E-state index contributed by atoms with van der Waals surface area (Å²) in [5.74, 6) is -1.28. The van der Waals surface area contributed by atoms with Crippen LogP contribution in [0.5, 0.6) is 0 Å². The van der Waals surface area contributed by atoms with Gasteiger partial charge in [0, 0.05) is 17.0 Å². The minimum atomic E-state index is -1.06. The zero-order valence-corrected chi connectivity index (χ0v) is 15.8. The third-order valence-electron chi connectivity index (χ3n) is 4.61. The standard InChI is InChI=1S/C22H22F2N2O/c1-21(2,19-9-6-10-20(26-19)22(3,4)27)18-8-5-7-17(25-18)15-12-11-14(23)13-16(15)24/h5-13,27H,1-4H3. The molecule has 2 aromatic heterocycles. The second kappa shape index (κ2) is 6.82. The molecule has 140 valence electrons. The highest BCUT2D eigenvalue weighted by Gasteiger charge is 2.29. The van der Waals surface area contributed by atoms with Crippen LogP contribution in [0.25, 0.3) is 11.3 Å². The third kappa shape index (κ3) is 3.88. The van der Waals surface area contributed by atoms with Crippen LogP contribution in [0.4, 0.5) is 8.78 Å². The van der Waals surface area contributed by atoms with Crippen LogP contribution in [0.3, 0.4) is 0 Å². The molecule has 0 bridgehead atoms. The number of rotatable bonds is 4. The van der Waals surface area contributed by atoms with Crippen molar-refractivity contribution < 1.29 is 13.9 Å². The third-order valence-corrected chi connectivity index (χ3v) is 4.61. The molecule has 0 saturated carbocycles. The number of benzene rings is 1. The van der Waals surface area contributed by atoms with E-state index in [1.165, 1.54) is 12.1 Å². The molecule has 3 nitrogen and oxygen atoms in total. The lowest BCUT2D eigenvalue weighted by Gasteiger charge is -2.26. The first-order chi connectivity index (χ1) is 12.6. The second-order valence-electron chi connectivity index (χ2n) is 7.62. The number of hydrogen-bond donors (Lipinski definition) is 1. The molecule has 1 aromatic carbocycles. The molecule has 1 N–H and O–H groups in total. The van der Waals surface area contributed by atoms with Gasteiger partial charge in [0.15, 0.2) is 0 Å². The molecule has 0 saturated heterocycles. The normalized spacial score (nSPS) is 12.3. The maximum atomic E-state index is 14.2. The van der Waals surface area contributed by atoms with Crippen molar-refractivity contribution in [2.75, 3.05) is 0 Å². The van der Waals surface area contributed by atoms with Gasteiger partial charge in [0.2, 0.25) is 0 Å². The van der Waals surface area contributed by atoms with Crippen molar-refractivity contribution in [2.45, 2.75) is 38.7 Å². The Kier molecular flexibility index (Phi) is 4.82. The lowest BCUT2D eigenvalue weighted by molar-refractivity contribution is 0.0734. The number of pyridine rings is 2. The van der Waals surface area contributed by atoms with Crippen molar-refractivity contribution in [2.24, 2.45) is 0 Å². The zero-order chi connectivity index (χ0) is 19.8. The molecule has 0 aliphatic carbocycles. The van der Waals surface area contributed by atoms with Crippen LogP contribution in [0.1, 0.15) is 44.8 Å². The first-order valence-electron chi connectivity index (χ1n) is 8.72. The van der Waals surface area contributed by atoms with E-state index in [1.54, 1.807) is 32.0 Å². The average Bonchev–Trinajstić information content (AvgIpc) is 2.61. The summed E-state index contributed by atoms with van der Waals surface area (Å²) >= 11 is 0. The molecule has 0 spiro atoms. The molecular formula is C22H22F2N2O. The highest BCUT2D eigenvalue weighted by atomic mass is 19.1. The largest absolute Gasteiger partial charge is 0.384 e. The van der Waals surface area contributed by atoms with Crippen LogP contribution >= 0.6 is 0 Å². The van der Waals surface area contributed by atoms with Crippen molar-refractivity contribution in [3.05, 3.63) is 83.3 Å². The fraction of sp³-hybridized carbons (Fsp3) is 0.273. The Morgan fingerprint density at radius 1 is 0.778 bits per heavy atom. The molecule has 0 unspecified atom stereocenters. The number of hydrogen-bond acceptors (Lipinski definition) is 3. The van der Waals surface area contributed by atoms with Crippen molar-refractivity contribution >= 4 is 0 Å². The fourth-order valence-electron chi connectivity index (χ4n) is 2.88. The van der Waals surface area contributed by atoms with Crippen LogP contribution in [0.2, 0.25) is 0 Å². The Morgan fingerprint density at radius 3 is 2.00 bits per heavy atom. The van der Waals surface area contributed by atoms with E-state index < -0.39 is 22.7 Å². The van der Waals surface area contributed by atoms with Crippen molar-refractivity contribution in [1.29, 1.82) is 0 Å². The van der Waals surface area contributed by atoms with Crippen molar-refractivity contribution in [3.63, 3.8) is 0 Å². The summed E-state index contributed by atoms with van der Waals surface area (Å²) in [6.45, 7) is 7.30. The van der Waals surface area contributed by atoms with Gasteiger partial charge in [0.1, 0.15) is 17.2 Å². The van der Waals surface area contributed by atoms with Gasteiger partial charge in [-0.3, -0.25) is 9.97 Å². The SMILES string of the molecule is CC(C)(O)c1cccc(C(C)(C)c2cccc(-c3ccc(F)cc3F)n2)n1. The summed E-state index contributed by atoms with van der Waals surface area (Å²) in [7, 11) is 0. The summed E-state index contributed by atoms with van der Waals surface area (Å²) in [6.07, 6.45) is 0. The Balaban J connectivity index is 2.06. The molecule has 27 heavy (non-hydrogen) atoms. The topological polar surface area (TPSA) is 46.0 Å².